The van der Waals surface area contributed by atoms with Crippen LogP contribution in [0.1, 0.15) is 31.3 Å². The third kappa shape index (κ3) is 3.61. The molecule has 0 fully saturated rings. The summed E-state index contributed by atoms with van der Waals surface area (Å²) in [5.41, 5.74) is 0. The average molecular weight is 184 g/mol. The predicted molar refractivity (Wildman–Crippen MR) is 49.2 cm³/mol. The highest BCUT2D eigenvalue weighted by Gasteiger charge is 1.99. The molecule has 1 heterocycles. The number of furan rings is 1. The van der Waals surface area contributed by atoms with Gasteiger partial charge in [-0.05, 0) is 18.6 Å². The molecular weight excluding hydrogens is 168 g/mol. The lowest BCUT2D eigenvalue weighted by Gasteiger charge is -1.99. The van der Waals surface area contributed by atoms with Crippen molar-refractivity contribution in [2.75, 3.05) is 6.61 Å². The number of hydrogen-bond donors (Lipinski definition) is 1. The lowest BCUT2D eigenvalue weighted by molar-refractivity contribution is 0.101. The van der Waals surface area contributed by atoms with E-state index in [2.05, 4.69) is 6.92 Å². The maximum Gasteiger partial charge on any atom is 0.129 e. The zero-order chi connectivity index (χ0) is 9.52. The summed E-state index contributed by atoms with van der Waals surface area (Å²) in [5.74, 6) is 1.37. The van der Waals surface area contributed by atoms with E-state index >= 15 is 0 Å². The van der Waals surface area contributed by atoms with E-state index in [1.807, 2.05) is 6.07 Å². The molecule has 0 aromatic carbocycles. The van der Waals surface area contributed by atoms with Crippen molar-refractivity contribution in [3.05, 3.63) is 23.7 Å². The van der Waals surface area contributed by atoms with Gasteiger partial charge in [-0.3, -0.25) is 0 Å². The van der Waals surface area contributed by atoms with Crippen molar-refractivity contribution in [1.29, 1.82) is 0 Å². The van der Waals surface area contributed by atoms with E-state index in [0.717, 1.165) is 25.2 Å². The van der Waals surface area contributed by atoms with E-state index in [-0.39, 0.29) is 6.61 Å². The van der Waals surface area contributed by atoms with Crippen LogP contribution in [0, 0.1) is 0 Å². The lowest BCUT2D eigenvalue weighted by Crippen LogP contribution is -1.93. The molecule has 0 saturated heterocycles. The molecule has 0 aliphatic rings. The normalized spacial score (nSPS) is 10.6. The molecule has 1 aromatic rings. The van der Waals surface area contributed by atoms with Gasteiger partial charge in [0.1, 0.15) is 24.7 Å². The predicted octanol–water partition coefficient (Wildman–Crippen LogP) is 2.09. The van der Waals surface area contributed by atoms with Gasteiger partial charge in [-0.15, -0.1) is 0 Å². The maximum atomic E-state index is 8.73. The topological polar surface area (TPSA) is 42.6 Å². The fraction of sp³-hybridized carbons (Fsp3) is 0.600. The van der Waals surface area contributed by atoms with Crippen LogP contribution in [0.3, 0.4) is 0 Å². The van der Waals surface area contributed by atoms with Gasteiger partial charge in [0.15, 0.2) is 0 Å². The minimum atomic E-state index is -0.0467. The molecule has 3 nitrogen and oxygen atoms in total. The van der Waals surface area contributed by atoms with Gasteiger partial charge >= 0.3 is 0 Å². The van der Waals surface area contributed by atoms with Gasteiger partial charge in [-0.1, -0.05) is 13.3 Å². The van der Waals surface area contributed by atoms with Crippen molar-refractivity contribution in [3.63, 3.8) is 0 Å². The molecule has 0 radical (unpaired) electrons. The minimum Gasteiger partial charge on any atom is -0.461 e. The van der Waals surface area contributed by atoms with Crippen molar-refractivity contribution >= 4 is 0 Å². The molecule has 3 heteroatoms. The van der Waals surface area contributed by atoms with Crippen LogP contribution in [0.2, 0.25) is 0 Å². The Kier molecular flexibility index (Phi) is 4.57. The number of unbranched alkanes of at least 4 members (excludes halogenated alkanes) is 1. The quantitative estimate of drug-likeness (QED) is 0.688. The third-order valence-electron chi connectivity index (χ3n) is 1.76. The largest absolute Gasteiger partial charge is 0.461 e. The van der Waals surface area contributed by atoms with Gasteiger partial charge in [0.25, 0.3) is 0 Å². The first-order valence-corrected chi connectivity index (χ1v) is 4.63. The van der Waals surface area contributed by atoms with Gasteiger partial charge in [0, 0.05) is 6.61 Å². The Morgan fingerprint density at radius 3 is 2.77 bits per heavy atom. The van der Waals surface area contributed by atoms with E-state index in [1.54, 1.807) is 6.07 Å². The van der Waals surface area contributed by atoms with Crippen LogP contribution >= 0.6 is 0 Å². The van der Waals surface area contributed by atoms with E-state index in [1.165, 1.54) is 0 Å². The molecule has 13 heavy (non-hydrogen) atoms. The van der Waals surface area contributed by atoms with Crippen molar-refractivity contribution in [3.8, 4) is 0 Å². The zero-order valence-corrected chi connectivity index (χ0v) is 7.95. The number of aliphatic hydroxyl groups excluding tert-OH is 1. The molecule has 0 spiro atoms. The Morgan fingerprint density at radius 2 is 2.15 bits per heavy atom. The third-order valence-corrected chi connectivity index (χ3v) is 1.76. The van der Waals surface area contributed by atoms with Gasteiger partial charge in [0.05, 0.1) is 0 Å². The van der Waals surface area contributed by atoms with Crippen LogP contribution in [0.25, 0.3) is 0 Å². The van der Waals surface area contributed by atoms with Crippen LogP contribution in [0.4, 0.5) is 0 Å². The van der Waals surface area contributed by atoms with Crippen LogP contribution in [0.15, 0.2) is 16.5 Å². The molecule has 0 aliphatic carbocycles. The smallest absolute Gasteiger partial charge is 0.129 e. The molecule has 74 valence electrons. The van der Waals surface area contributed by atoms with E-state index in [0.29, 0.717) is 12.4 Å². The molecule has 1 N–H and O–H groups in total. The lowest BCUT2D eigenvalue weighted by atomic mass is 10.4. The van der Waals surface area contributed by atoms with Crippen molar-refractivity contribution in [1.82, 2.24) is 0 Å². The molecule has 0 saturated carbocycles. The number of rotatable bonds is 6. The summed E-state index contributed by atoms with van der Waals surface area (Å²) in [7, 11) is 0. The monoisotopic (exact) mass is 184 g/mol. The Labute approximate surface area is 78.3 Å². The van der Waals surface area contributed by atoms with Gasteiger partial charge in [-0.25, -0.2) is 0 Å². The highest BCUT2D eigenvalue weighted by Crippen LogP contribution is 2.08. The summed E-state index contributed by atoms with van der Waals surface area (Å²) in [6.45, 7) is 3.35. The van der Waals surface area contributed by atoms with Crippen LogP contribution in [-0.4, -0.2) is 11.7 Å². The fourth-order valence-electron chi connectivity index (χ4n) is 1.00. The second-order valence-corrected chi connectivity index (χ2v) is 2.93. The average Bonchev–Trinajstić information content (AvgIpc) is 2.60. The second-order valence-electron chi connectivity index (χ2n) is 2.93. The summed E-state index contributed by atoms with van der Waals surface area (Å²) in [6.07, 6.45) is 2.22. The summed E-state index contributed by atoms with van der Waals surface area (Å²) in [6, 6.07) is 3.59. The Balaban J connectivity index is 2.20. The van der Waals surface area contributed by atoms with Crippen LogP contribution < -0.4 is 0 Å². The number of aliphatic hydroxyl groups is 1. The molecule has 0 bridgehead atoms. The Morgan fingerprint density at radius 1 is 1.38 bits per heavy atom. The fourth-order valence-corrected chi connectivity index (χ4v) is 1.00. The standard InChI is InChI=1S/C10H16O3/c1-2-3-6-12-8-10-5-4-9(7-11)13-10/h4-5,11H,2-3,6-8H2,1H3. The summed E-state index contributed by atoms with van der Waals surface area (Å²) in [5, 5.41) is 8.73. The summed E-state index contributed by atoms with van der Waals surface area (Å²) < 4.78 is 10.6. The van der Waals surface area contributed by atoms with Gasteiger partial charge in [-0.2, -0.15) is 0 Å². The summed E-state index contributed by atoms with van der Waals surface area (Å²) in [4.78, 5) is 0. The van der Waals surface area contributed by atoms with Crippen LogP contribution in [-0.2, 0) is 18.0 Å². The Hall–Kier alpha value is -0.800. The van der Waals surface area contributed by atoms with Crippen molar-refractivity contribution in [2.45, 2.75) is 33.0 Å². The first-order valence-electron chi connectivity index (χ1n) is 4.63. The molecule has 0 atom stereocenters. The van der Waals surface area contributed by atoms with Crippen LogP contribution in [0.5, 0.6) is 0 Å². The maximum absolute atomic E-state index is 8.73. The number of hydrogen-bond acceptors (Lipinski definition) is 3. The first kappa shape index (κ1) is 10.3. The first-order chi connectivity index (χ1) is 6.36. The number of ether oxygens (including phenoxy) is 1. The molecule has 1 aromatic heterocycles. The van der Waals surface area contributed by atoms with Crippen molar-refractivity contribution in [2.24, 2.45) is 0 Å². The van der Waals surface area contributed by atoms with Gasteiger partial charge in [0.2, 0.25) is 0 Å². The zero-order valence-electron chi connectivity index (χ0n) is 7.95. The molecule has 0 aliphatic heterocycles. The highest BCUT2D eigenvalue weighted by atomic mass is 16.5. The SMILES string of the molecule is CCCCOCc1ccc(CO)o1. The Bertz CT molecular complexity index is 230. The molecule has 1 rings (SSSR count). The van der Waals surface area contributed by atoms with E-state index < -0.39 is 0 Å². The summed E-state index contributed by atoms with van der Waals surface area (Å²) >= 11 is 0. The minimum absolute atomic E-state index is 0.0467. The van der Waals surface area contributed by atoms with Crippen molar-refractivity contribution < 1.29 is 14.3 Å². The highest BCUT2D eigenvalue weighted by molar-refractivity contribution is 5.05. The van der Waals surface area contributed by atoms with Gasteiger partial charge < -0.3 is 14.3 Å². The molecular formula is C10H16O3. The molecule has 0 unspecified atom stereocenters. The van der Waals surface area contributed by atoms with E-state index in [4.69, 9.17) is 14.3 Å². The second kappa shape index (κ2) is 5.78. The van der Waals surface area contributed by atoms with E-state index in [9.17, 15) is 0 Å². The molecule has 0 amide bonds.